The Morgan fingerprint density at radius 2 is 1.62 bits per heavy atom. The highest BCUT2D eigenvalue weighted by atomic mass is 16.3. The molecule has 2 aromatic carbocycles. The third-order valence-corrected chi connectivity index (χ3v) is 4.32. The van der Waals surface area contributed by atoms with Gasteiger partial charge in [-0.3, -0.25) is 5.43 Å². The highest BCUT2D eigenvalue weighted by molar-refractivity contribution is 5.85. The Morgan fingerprint density at radius 3 is 2.21 bits per heavy atom. The van der Waals surface area contributed by atoms with E-state index in [9.17, 15) is 0 Å². The Morgan fingerprint density at radius 1 is 0.971 bits per heavy atom. The average molecular weight is 469 g/mol. The van der Waals surface area contributed by atoms with Gasteiger partial charge < -0.3 is 15.5 Å². The number of benzene rings is 2. The van der Waals surface area contributed by atoms with Crippen LogP contribution in [0.1, 0.15) is 59.1 Å². The fourth-order valence-corrected chi connectivity index (χ4v) is 2.48. The lowest BCUT2D eigenvalue weighted by Crippen LogP contribution is -2.23. The van der Waals surface area contributed by atoms with Crippen molar-refractivity contribution in [1.82, 2.24) is 20.3 Å². The zero-order valence-electron chi connectivity index (χ0n) is 21.1. The average Bonchev–Trinajstić information content (AvgIpc) is 2.85. The van der Waals surface area contributed by atoms with Gasteiger partial charge in [0.05, 0.1) is 24.1 Å². The van der Waals surface area contributed by atoms with Crippen molar-refractivity contribution in [3.8, 4) is 0 Å². The number of nitrogens with one attached hydrogen (secondary N) is 2. The first kappa shape index (κ1) is 29.1. The molecule has 0 radical (unpaired) electrons. The summed E-state index contributed by atoms with van der Waals surface area (Å²) >= 11 is 0. The summed E-state index contributed by atoms with van der Waals surface area (Å²) in [5.41, 5.74) is 3.01. The molecule has 0 spiro atoms. The van der Waals surface area contributed by atoms with Crippen LogP contribution >= 0.6 is 0 Å². The van der Waals surface area contributed by atoms with Crippen molar-refractivity contribution in [1.29, 1.82) is 0 Å². The summed E-state index contributed by atoms with van der Waals surface area (Å²) in [5, 5.41) is 26.6. The van der Waals surface area contributed by atoms with Crippen LogP contribution in [-0.2, 0) is 6.42 Å². The number of rotatable bonds is 9. The van der Waals surface area contributed by atoms with Gasteiger partial charge in [-0.1, -0.05) is 51.1 Å². The number of hydrogen-bond donors (Lipinski definition) is 4. The fourth-order valence-electron chi connectivity index (χ4n) is 2.48. The van der Waals surface area contributed by atoms with E-state index in [2.05, 4.69) is 68.9 Å². The number of aromatic nitrogens is 3. The number of nitrogens with zero attached hydrogens (tertiary/aromatic N) is 4. The van der Waals surface area contributed by atoms with Crippen LogP contribution in [0.5, 0.6) is 0 Å². The van der Waals surface area contributed by atoms with E-state index in [1.807, 2.05) is 25.1 Å². The molecule has 3 rings (SSSR count). The third kappa shape index (κ3) is 12.9. The van der Waals surface area contributed by atoms with Gasteiger partial charge in [0.25, 0.3) is 0 Å². The second kappa shape index (κ2) is 16.6. The van der Waals surface area contributed by atoms with Crippen LogP contribution in [0.25, 0.3) is 10.8 Å². The molecular formula is C26H40N6O2. The van der Waals surface area contributed by atoms with Crippen molar-refractivity contribution in [3.63, 3.8) is 0 Å². The summed E-state index contributed by atoms with van der Waals surface area (Å²) in [4.78, 5) is 12.4. The van der Waals surface area contributed by atoms with E-state index < -0.39 is 5.60 Å². The maximum Gasteiger partial charge on any atom is 0.175 e. The van der Waals surface area contributed by atoms with E-state index in [1.54, 1.807) is 20.1 Å². The number of aryl methyl sites for hydroxylation is 1. The molecule has 0 saturated heterocycles. The van der Waals surface area contributed by atoms with E-state index in [1.165, 1.54) is 43.0 Å². The molecule has 4 N–H and O–H groups in total. The molecule has 0 bridgehead atoms. The second-order valence-corrected chi connectivity index (χ2v) is 8.27. The fraction of sp³-hybridized carbons (Fsp3) is 0.462. The van der Waals surface area contributed by atoms with E-state index in [0.717, 1.165) is 17.9 Å². The standard InChI is InChI=1S/C16H15N5.C6H15N.C4H10O2/c1-2-15-17-11-18-16(20-15)10-19-21-14-8-7-12-5-3-4-6-13(12)9-14;1-3-5-7-6-4-2;1-4(2,6)3-5/h3-11,21H,2H2,1H3;7H,3-6H2,1-2H3;5-6H,3H2,1-2H3/b19-10+;;. The molecule has 0 aliphatic rings. The summed E-state index contributed by atoms with van der Waals surface area (Å²) < 4.78 is 0. The number of hydrogen-bond acceptors (Lipinski definition) is 8. The molecular weight excluding hydrogens is 428 g/mol. The van der Waals surface area contributed by atoms with E-state index in [-0.39, 0.29) is 6.61 Å². The zero-order chi connectivity index (χ0) is 25.2. The van der Waals surface area contributed by atoms with Crippen LogP contribution in [0.4, 0.5) is 5.69 Å². The van der Waals surface area contributed by atoms with Gasteiger partial charge in [0.1, 0.15) is 12.2 Å². The molecule has 0 atom stereocenters. The monoisotopic (exact) mass is 468 g/mol. The predicted molar refractivity (Wildman–Crippen MR) is 141 cm³/mol. The Hall–Kier alpha value is -2.94. The van der Waals surface area contributed by atoms with Crippen LogP contribution in [-0.4, -0.2) is 56.7 Å². The van der Waals surface area contributed by atoms with E-state index in [0.29, 0.717) is 5.82 Å². The molecule has 34 heavy (non-hydrogen) atoms. The van der Waals surface area contributed by atoms with Crippen LogP contribution in [0, 0.1) is 0 Å². The van der Waals surface area contributed by atoms with Crippen LogP contribution in [0.2, 0.25) is 0 Å². The first-order valence-corrected chi connectivity index (χ1v) is 11.8. The molecule has 8 nitrogen and oxygen atoms in total. The number of fused-ring (bicyclic) bond motifs is 1. The zero-order valence-corrected chi connectivity index (χ0v) is 21.1. The summed E-state index contributed by atoms with van der Waals surface area (Å²) in [6, 6.07) is 14.3. The minimum absolute atomic E-state index is 0.174. The van der Waals surface area contributed by atoms with Gasteiger partial charge >= 0.3 is 0 Å². The minimum Gasteiger partial charge on any atom is -0.393 e. The van der Waals surface area contributed by atoms with Crippen molar-refractivity contribution in [2.75, 3.05) is 25.1 Å². The number of hydrazone groups is 1. The topological polar surface area (TPSA) is 116 Å². The Balaban J connectivity index is 0.000000369. The van der Waals surface area contributed by atoms with Crippen molar-refractivity contribution < 1.29 is 10.2 Å². The smallest absolute Gasteiger partial charge is 0.175 e. The molecule has 1 aromatic heterocycles. The van der Waals surface area contributed by atoms with Crippen molar-refractivity contribution in [2.45, 2.75) is 59.5 Å². The van der Waals surface area contributed by atoms with Gasteiger partial charge in [0, 0.05) is 6.42 Å². The lowest BCUT2D eigenvalue weighted by Gasteiger charge is -2.10. The molecule has 0 unspecified atom stereocenters. The number of aliphatic hydroxyl groups excluding tert-OH is 1. The predicted octanol–water partition coefficient (Wildman–Crippen LogP) is 4.18. The first-order valence-electron chi connectivity index (χ1n) is 11.8. The van der Waals surface area contributed by atoms with E-state index in [4.69, 9.17) is 10.2 Å². The molecule has 8 heteroatoms. The molecule has 1 heterocycles. The number of anilines is 1. The van der Waals surface area contributed by atoms with Crippen LogP contribution in [0.15, 0.2) is 53.9 Å². The van der Waals surface area contributed by atoms with Crippen molar-refractivity contribution in [3.05, 3.63) is 60.4 Å². The van der Waals surface area contributed by atoms with Gasteiger partial charge in [-0.2, -0.15) is 5.10 Å². The summed E-state index contributed by atoms with van der Waals surface area (Å²) in [5.74, 6) is 1.31. The maximum absolute atomic E-state index is 8.58. The molecule has 0 aliphatic carbocycles. The minimum atomic E-state index is -0.903. The Labute approximate surface area is 203 Å². The molecule has 0 saturated carbocycles. The van der Waals surface area contributed by atoms with Gasteiger partial charge in [-0.05, 0) is 62.7 Å². The highest BCUT2D eigenvalue weighted by Gasteiger charge is 2.07. The Kier molecular flexibility index (Phi) is 14.2. The largest absolute Gasteiger partial charge is 0.393 e. The molecule has 186 valence electrons. The van der Waals surface area contributed by atoms with Gasteiger partial charge in [-0.25, -0.2) is 15.0 Å². The molecule has 0 amide bonds. The first-order chi connectivity index (χ1) is 16.3. The maximum atomic E-state index is 8.58. The Bertz CT molecular complexity index is 969. The number of aliphatic hydroxyl groups is 2. The van der Waals surface area contributed by atoms with Crippen molar-refractivity contribution >= 4 is 22.7 Å². The van der Waals surface area contributed by atoms with Crippen molar-refractivity contribution in [2.24, 2.45) is 5.10 Å². The van der Waals surface area contributed by atoms with Gasteiger partial charge in [0.2, 0.25) is 0 Å². The normalized spacial score (nSPS) is 10.9. The van der Waals surface area contributed by atoms with Crippen LogP contribution in [0.3, 0.4) is 0 Å². The van der Waals surface area contributed by atoms with E-state index >= 15 is 0 Å². The molecule has 3 aromatic rings. The summed E-state index contributed by atoms with van der Waals surface area (Å²) in [6.45, 7) is 11.6. The van der Waals surface area contributed by atoms with Gasteiger partial charge in [-0.15, -0.1) is 0 Å². The highest BCUT2D eigenvalue weighted by Crippen LogP contribution is 2.18. The lowest BCUT2D eigenvalue weighted by atomic mass is 10.1. The molecule has 0 fully saturated rings. The van der Waals surface area contributed by atoms with Crippen LogP contribution < -0.4 is 10.7 Å². The second-order valence-electron chi connectivity index (χ2n) is 8.27. The summed E-state index contributed by atoms with van der Waals surface area (Å²) in [7, 11) is 0. The molecule has 0 aliphatic heterocycles. The summed E-state index contributed by atoms with van der Waals surface area (Å²) in [6.07, 6.45) is 6.38. The van der Waals surface area contributed by atoms with Gasteiger partial charge in [0.15, 0.2) is 5.82 Å². The quantitative estimate of drug-likeness (QED) is 0.211. The SMILES string of the molecule is CC(C)(O)CO.CCCNCCC.CCc1ncnc(/C=N/Nc2ccc3ccccc3c2)n1. The lowest BCUT2D eigenvalue weighted by molar-refractivity contribution is 0.0183. The third-order valence-electron chi connectivity index (χ3n) is 4.32.